The summed E-state index contributed by atoms with van der Waals surface area (Å²) >= 11 is 1.24. The highest BCUT2D eigenvalue weighted by atomic mass is 32.1. The predicted molar refractivity (Wildman–Crippen MR) is 83.9 cm³/mol. The monoisotopic (exact) mass is 315 g/mol. The van der Waals surface area contributed by atoms with Gasteiger partial charge in [-0.2, -0.15) is 0 Å². The van der Waals surface area contributed by atoms with Crippen molar-refractivity contribution in [2.45, 2.75) is 19.9 Å². The van der Waals surface area contributed by atoms with Gasteiger partial charge < -0.3 is 5.32 Å². The van der Waals surface area contributed by atoms with E-state index in [0.29, 0.717) is 16.0 Å². The van der Waals surface area contributed by atoms with Crippen LogP contribution in [0.1, 0.15) is 12.0 Å². The largest absolute Gasteiger partial charge is 0.300 e. The smallest absolute Gasteiger partial charge is 0.261 e. The molecule has 0 atom stereocenters. The molecule has 1 N–H and O–H groups in total. The van der Waals surface area contributed by atoms with Crippen LogP contribution in [0, 0.1) is 6.92 Å². The fraction of sp³-hybridized carbons (Fsp3) is 0.214. The molecule has 0 radical (unpaired) electrons. The summed E-state index contributed by atoms with van der Waals surface area (Å²) in [6.45, 7) is 2.18. The summed E-state index contributed by atoms with van der Waals surface area (Å²) in [6.07, 6.45) is 1.65. The Bertz CT molecular complexity index is 873. The van der Waals surface area contributed by atoms with Gasteiger partial charge in [0.05, 0.1) is 17.2 Å². The fourth-order valence-corrected chi connectivity index (χ4v) is 2.59. The van der Waals surface area contributed by atoms with Crippen LogP contribution in [-0.2, 0) is 11.3 Å². The molecular formula is C14H13N5O2S. The zero-order valence-electron chi connectivity index (χ0n) is 11.8. The van der Waals surface area contributed by atoms with E-state index in [4.69, 9.17) is 0 Å². The zero-order chi connectivity index (χ0) is 15.5. The van der Waals surface area contributed by atoms with Crippen LogP contribution in [0.25, 0.3) is 10.9 Å². The van der Waals surface area contributed by atoms with Gasteiger partial charge >= 0.3 is 0 Å². The van der Waals surface area contributed by atoms with Gasteiger partial charge in [-0.1, -0.05) is 23.5 Å². The van der Waals surface area contributed by atoms with E-state index < -0.39 is 0 Å². The minimum Gasteiger partial charge on any atom is -0.300 e. The van der Waals surface area contributed by atoms with E-state index in [1.807, 2.05) is 19.1 Å². The number of nitrogens with one attached hydrogen (secondary N) is 1. The number of anilines is 1. The van der Waals surface area contributed by atoms with Crippen molar-refractivity contribution in [2.75, 3.05) is 5.32 Å². The molecule has 0 bridgehead atoms. The molecule has 112 valence electrons. The van der Waals surface area contributed by atoms with Crippen molar-refractivity contribution >= 4 is 33.3 Å². The van der Waals surface area contributed by atoms with Crippen molar-refractivity contribution < 1.29 is 4.79 Å². The standard InChI is InChI=1S/C14H13N5O2S/c1-9-3-2-4-10-12(9)15-7-19(13(10)21)6-5-11(20)17-14-18-16-8-22-14/h2-4,7-8H,5-6H2,1H3,(H,17,18,20). The van der Waals surface area contributed by atoms with Crippen molar-refractivity contribution in [3.63, 3.8) is 0 Å². The maximum Gasteiger partial charge on any atom is 0.261 e. The van der Waals surface area contributed by atoms with E-state index in [9.17, 15) is 9.59 Å². The minimum absolute atomic E-state index is 0.141. The summed E-state index contributed by atoms with van der Waals surface area (Å²) in [5.74, 6) is -0.215. The van der Waals surface area contributed by atoms with E-state index in [0.717, 1.165) is 5.56 Å². The molecule has 2 aromatic heterocycles. The van der Waals surface area contributed by atoms with Crippen LogP contribution in [0.4, 0.5) is 5.13 Å². The van der Waals surface area contributed by atoms with Gasteiger partial charge in [-0.15, -0.1) is 10.2 Å². The molecule has 0 saturated heterocycles. The van der Waals surface area contributed by atoms with Gasteiger partial charge in [0.1, 0.15) is 5.51 Å². The highest BCUT2D eigenvalue weighted by molar-refractivity contribution is 7.13. The Hall–Kier alpha value is -2.61. The second-order valence-electron chi connectivity index (χ2n) is 4.76. The number of rotatable bonds is 4. The molecular weight excluding hydrogens is 302 g/mol. The van der Waals surface area contributed by atoms with Gasteiger partial charge in [-0.3, -0.25) is 14.2 Å². The van der Waals surface area contributed by atoms with Crippen LogP contribution in [0.3, 0.4) is 0 Å². The lowest BCUT2D eigenvalue weighted by Gasteiger charge is -2.07. The number of aryl methyl sites for hydroxylation is 2. The number of nitrogens with zero attached hydrogens (tertiary/aromatic N) is 4. The van der Waals surface area contributed by atoms with E-state index in [-0.39, 0.29) is 24.4 Å². The van der Waals surface area contributed by atoms with Crippen molar-refractivity contribution in [1.29, 1.82) is 0 Å². The Morgan fingerprint density at radius 2 is 2.27 bits per heavy atom. The number of benzene rings is 1. The van der Waals surface area contributed by atoms with Crippen LogP contribution in [0.2, 0.25) is 0 Å². The van der Waals surface area contributed by atoms with Crippen LogP contribution in [-0.4, -0.2) is 25.7 Å². The number of carbonyl (C=O) groups is 1. The topological polar surface area (TPSA) is 89.8 Å². The Kier molecular flexibility index (Phi) is 3.92. The quantitative estimate of drug-likeness (QED) is 0.789. The third-order valence-electron chi connectivity index (χ3n) is 3.24. The highest BCUT2D eigenvalue weighted by Gasteiger charge is 2.09. The maximum absolute atomic E-state index is 12.4. The molecule has 1 amide bonds. The van der Waals surface area contributed by atoms with Crippen molar-refractivity contribution in [1.82, 2.24) is 19.7 Å². The maximum atomic E-state index is 12.4. The Labute approximate surface area is 129 Å². The SMILES string of the molecule is Cc1cccc2c(=O)n(CCC(=O)Nc3nncs3)cnc12. The Morgan fingerprint density at radius 1 is 1.41 bits per heavy atom. The van der Waals surface area contributed by atoms with Gasteiger partial charge in [-0.25, -0.2) is 4.98 Å². The Morgan fingerprint density at radius 3 is 3.05 bits per heavy atom. The number of carbonyl (C=O) groups excluding carboxylic acids is 1. The van der Waals surface area contributed by atoms with Crippen LogP contribution in [0.15, 0.2) is 34.8 Å². The van der Waals surface area contributed by atoms with Gasteiger partial charge in [0.2, 0.25) is 11.0 Å². The summed E-state index contributed by atoms with van der Waals surface area (Å²) in [5, 5.41) is 11.0. The van der Waals surface area contributed by atoms with Gasteiger partial charge in [0.15, 0.2) is 0 Å². The van der Waals surface area contributed by atoms with Crippen LogP contribution < -0.4 is 10.9 Å². The number of aromatic nitrogens is 4. The molecule has 8 heteroatoms. The lowest BCUT2D eigenvalue weighted by atomic mass is 10.1. The second kappa shape index (κ2) is 6.02. The van der Waals surface area contributed by atoms with Crippen molar-refractivity contribution in [2.24, 2.45) is 0 Å². The molecule has 0 fully saturated rings. The first-order valence-corrected chi connectivity index (χ1v) is 7.54. The van der Waals surface area contributed by atoms with Gasteiger partial charge in [0.25, 0.3) is 5.56 Å². The molecule has 0 aliphatic carbocycles. The van der Waals surface area contributed by atoms with E-state index in [1.54, 1.807) is 6.07 Å². The number of fused-ring (bicyclic) bond motifs is 1. The first kappa shape index (κ1) is 14.3. The lowest BCUT2D eigenvalue weighted by Crippen LogP contribution is -2.23. The summed E-state index contributed by atoms with van der Waals surface area (Å²) < 4.78 is 1.45. The van der Waals surface area contributed by atoms with E-state index in [2.05, 4.69) is 20.5 Å². The third-order valence-corrected chi connectivity index (χ3v) is 3.85. The molecule has 22 heavy (non-hydrogen) atoms. The van der Waals surface area contributed by atoms with Gasteiger partial charge in [0, 0.05) is 13.0 Å². The second-order valence-corrected chi connectivity index (χ2v) is 5.59. The van der Waals surface area contributed by atoms with Crippen molar-refractivity contribution in [3.05, 3.63) is 46.0 Å². The lowest BCUT2D eigenvalue weighted by molar-refractivity contribution is -0.116. The van der Waals surface area contributed by atoms with E-state index in [1.165, 1.54) is 27.7 Å². The molecule has 0 spiro atoms. The highest BCUT2D eigenvalue weighted by Crippen LogP contribution is 2.11. The molecule has 1 aromatic carbocycles. The summed E-state index contributed by atoms with van der Waals surface area (Å²) in [5.41, 5.74) is 3.05. The number of para-hydroxylation sites is 1. The zero-order valence-corrected chi connectivity index (χ0v) is 12.6. The van der Waals surface area contributed by atoms with Crippen LogP contribution >= 0.6 is 11.3 Å². The minimum atomic E-state index is -0.215. The molecule has 2 heterocycles. The Balaban J connectivity index is 1.76. The molecule has 3 aromatic rings. The van der Waals surface area contributed by atoms with E-state index >= 15 is 0 Å². The normalized spacial score (nSPS) is 10.8. The molecule has 0 aliphatic heterocycles. The molecule has 7 nitrogen and oxygen atoms in total. The number of amides is 1. The summed E-state index contributed by atoms with van der Waals surface area (Å²) in [7, 11) is 0. The molecule has 0 unspecified atom stereocenters. The number of hydrogen-bond acceptors (Lipinski definition) is 6. The first-order chi connectivity index (χ1) is 10.6. The predicted octanol–water partition coefficient (Wildman–Crippen LogP) is 1.59. The van der Waals surface area contributed by atoms with Gasteiger partial charge in [-0.05, 0) is 18.6 Å². The summed E-state index contributed by atoms with van der Waals surface area (Å²) in [6, 6.07) is 5.48. The fourth-order valence-electron chi connectivity index (χ4n) is 2.13. The first-order valence-electron chi connectivity index (χ1n) is 6.66. The summed E-state index contributed by atoms with van der Waals surface area (Å²) in [4.78, 5) is 28.5. The molecule has 3 rings (SSSR count). The average molecular weight is 315 g/mol. The average Bonchev–Trinajstić information content (AvgIpc) is 3.00. The molecule has 0 saturated carbocycles. The number of hydrogen-bond donors (Lipinski definition) is 1. The van der Waals surface area contributed by atoms with Crippen molar-refractivity contribution in [3.8, 4) is 0 Å². The third kappa shape index (κ3) is 2.86. The molecule has 0 aliphatic rings. The van der Waals surface area contributed by atoms with Crippen LogP contribution in [0.5, 0.6) is 0 Å².